The summed E-state index contributed by atoms with van der Waals surface area (Å²) in [5.74, 6) is 0.554. The van der Waals surface area contributed by atoms with Crippen molar-refractivity contribution in [2.75, 3.05) is 37.4 Å². The molecule has 0 bridgehead atoms. The predicted octanol–water partition coefficient (Wildman–Crippen LogP) is 2.93. The van der Waals surface area contributed by atoms with E-state index < -0.39 is 0 Å². The van der Waals surface area contributed by atoms with Crippen molar-refractivity contribution < 1.29 is 4.74 Å². The number of anilines is 2. The molecule has 0 amide bonds. The van der Waals surface area contributed by atoms with Gasteiger partial charge < -0.3 is 15.4 Å². The minimum Gasteiger partial charge on any atom is -0.396 e. The van der Waals surface area contributed by atoms with Crippen LogP contribution in [0.2, 0.25) is 0 Å². The maximum absolute atomic E-state index is 6.19. The van der Waals surface area contributed by atoms with E-state index in [0.29, 0.717) is 12.5 Å². The first-order chi connectivity index (χ1) is 9.63. The summed E-state index contributed by atoms with van der Waals surface area (Å²) in [6.45, 7) is 6.87. The van der Waals surface area contributed by atoms with Crippen LogP contribution in [0.3, 0.4) is 0 Å². The van der Waals surface area contributed by atoms with Gasteiger partial charge in [-0.3, -0.25) is 4.98 Å². The molecule has 0 saturated carbocycles. The van der Waals surface area contributed by atoms with Crippen LogP contribution in [0, 0.1) is 5.92 Å². The number of fused-ring (bicyclic) bond motifs is 1. The number of benzene rings is 1. The van der Waals surface area contributed by atoms with Gasteiger partial charge in [0.05, 0.1) is 29.7 Å². The molecule has 0 aliphatic rings. The van der Waals surface area contributed by atoms with Crippen molar-refractivity contribution in [1.29, 1.82) is 0 Å². The van der Waals surface area contributed by atoms with Gasteiger partial charge in [-0.15, -0.1) is 0 Å². The number of nitrogens with two attached hydrogens (primary N) is 1. The van der Waals surface area contributed by atoms with Gasteiger partial charge in [0.25, 0.3) is 0 Å². The summed E-state index contributed by atoms with van der Waals surface area (Å²) in [6, 6.07) is 8.12. The van der Waals surface area contributed by atoms with Gasteiger partial charge >= 0.3 is 0 Å². The molecule has 0 radical (unpaired) electrons. The molecule has 0 fully saturated rings. The maximum Gasteiger partial charge on any atom is 0.0745 e. The van der Waals surface area contributed by atoms with Crippen LogP contribution in [-0.4, -0.2) is 31.8 Å². The number of pyridine rings is 1. The maximum atomic E-state index is 6.19. The minimum atomic E-state index is 0.554. The van der Waals surface area contributed by atoms with Crippen molar-refractivity contribution in [3.8, 4) is 0 Å². The fourth-order valence-corrected chi connectivity index (χ4v) is 2.43. The average Bonchev–Trinajstić information content (AvgIpc) is 2.43. The molecule has 4 heteroatoms. The van der Waals surface area contributed by atoms with Gasteiger partial charge in [0, 0.05) is 25.6 Å². The first-order valence-corrected chi connectivity index (χ1v) is 7.00. The number of aromatic nitrogens is 1. The van der Waals surface area contributed by atoms with Crippen molar-refractivity contribution in [2.45, 2.75) is 13.8 Å². The minimum absolute atomic E-state index is 0.554. The number of rotatable bonds is 6. The third-order valence-corrected chi connectivity index (χ3v) is 3.24. The van der Waals surface area contributed by atoms with Crippen molar-refractivity contribution in [3.63, 3.8) is 0 Å². The molecule has 2 N–H and O–H groups in total. The molecule has 0 unspecified atom stereocenters. The van der Waals surface area contributed by atoms with E-state index in [1.54, 1.807) is 13.3 Å². The van der Waals surface area contributed by atoms with Crippen LogP contribution in [0.5, 0.6) is 0 Å². The van der Waals surface area contributed by atoms with Crippen molar-refractivity contribution in [2.24, 2.45) is 5.92 Å². The fraction of sp³-hybridized carbons (Fsp3) is 0.438. The summed E-state index contributed by atoms with van der Waals surface area (Å²) in [5, 5.41) is 1.10. The van der Waals surface area contributed by atoms with Crippen molar-refractivity contribution in [1.82, 2.24) is 4.98 Å². The summed E-state index contributed by atoms with van der Waals surface area (Å²) in [7, 11) is 1.72. The molecule has 0 spiro atoms. The van der Waals surface area contributed by atoms with Crippen LogP contribution in [0.4, 0.5) is 11.4 Å². The van der Waals surface area contributed by atoms with Gasteiger partial charge in [-0.25, -0.2) is 0 Å². The van der Waals surface area contributed by atoms with Crippen LogP contribution in [0.1, 0.15) is 13.8 Å². The average molecular weight is 273 g/mol. The van der Waals surface area contributed by atoms with Gasteiger partial charge in [-0.1, -0.05) is 32.0 Å². The molecule has 1 aromatic carbocycles. The van der Waals surface area contributed by atoms with E-state index in [4.69, 9.17) is 10.5 Å². The SMILES string of the molecule is COCCN(CC(C)C)c1c(N)cnc2ccccc12. The van der Waals surface area contributed by atoms with E-state index in [2.05, 4.69) is 29.8 Å². The lowest BCUT2D eigenvalue weighted by molar-refractivity contribution is 0.204. The normalized spacial score (nSPS) is 11.2. The molecule has 0 saturated heterocycles. The Hall–Kier alpha value is -1.81. The predicted molar refractivity (Wildman–Crippen MR) is 85.1 cm³/mol. The smallest absolute Gasteiger partial charge is 0.0745 e. The Labute approximate surface area is 120 Å². The van der Waals surface area contributed by atoms with E-state index in [0.717, 1.165) is 35.4 Å². The van der Waals surface area contributed by atoms with Crippen LogP contribution in [0.15, 0.2) is 30.5 Å². The summed E-state index contributed by atoms with van der Waals surface area (Å²) >= 11 is 0. The highest BCUT2D eigenvalue weighted by Crippen LogP contribution is 2.31. The molecule has 2 aromatic rings. The zero-order valence-corrected chi connectivity index (χ0v) is 12.5. The largest absolute Gasteiger partial charge is 0.396 e. The van der Waals surface area contributed by atoms with E-state index in [1.165, 1.54) is 0 Å². The fourth-order valence-electron chi connectivity index (χ4n) is 2.43. The number of methoxy groups -OCH3 is 1. The van der Waals surface area contributed by atoms with Crippen LogP contribution in [-0.2, 0) is 4.74 Å². The molecule has 4 nitrogen and oxygen atoms in total. The standard InChI is InChI=1S/C16H23N3O/c1-12(2)11-19(8-9-20-3)16-13-6-4-5-7-15(13)18-10-14(16)17/h4-7,10,12H,8-9,11,17H2,1-3H3. The second-order valence-corrected chi connectivity index (χ2v) is 5.41. The third-order valence-electron chi connectivity index (χ3n) is 3.24. The lowest BCUT2D eigenvalue weighted by atomic mass is 10.1. The zero-order valence-electron chi connectivity index (χ0n) is 12.5. The van der Waals surface area contributed by atoms with Crippen LogP contribution in [0.25, 0.3) is 10.9 Å². The molecule has 0 aliphatic heterocycles. The molecular weight excluding hydrogens is 250 g/mol. The highest BCUT2D eigenvalue weighted by atomic mass is 16.5. The van der Waals surface area contributed by atoms with E-state index in [9.17, 15) is 0 Å². The summed E-state index contributed by atoms with van der Waals surface area (Å²) in [5.41, 5.74) is 8.96. The zero-order chi connectivity index (χ0) is 14.5. The number of para-hydroxylation sites is 1. The second-order valence-electron chi connectivity index (χ2n) is 5.41. The Balaban J connectivity index is 2.47. The van der Waals surface area contributed by atoms with Gasteiger partial charge in [0.1, 0.15) is 0 Å². The van der Waals surface area contributed by atoms with Gasteiger partial charge in [0.2, 0.25) is 0 Å². The van der Waals surface area contributed by atoms with Gasteiger partial charge in [-0.05, 0) is 12.0 Å². The molecule has 1 heterocycles. The highest BCUT2D eigenvalue weighted by Gasteiger charge is 2.15. The number of hydrogen-bond donors (Lipinski definition) is 1. The Morgan fingerprint density at radius 2 is 2.05 bits per heavy atom. The number of nitrogen functional groups attached to an aromatic ring is 1. The van der Waals surface area contributed by atoms with Crippen LogP contribution >= 0.6 is 0 Å². The monoisotopic (exact) mass is 273 g/mol. The first kappa shape index (κ1) is 14.6. The highest BCUT2D eigenvalue weighted by molar-refractivity contribution is 5.97. The molecule has 108 valence electrons. The summed E-state index contributed by atoms with van der Waals surface area (Å²) in [6.07, 6.45) is 1.75. The lowest BCUT2D eigenvalue weighted by Gasteiger charge is -2.28. The Kier molecular flexibility index (Phi) is 4.79. The molecule has 0 aliphatic carbocycles. The molecular formula is C16H23N3O. The topological polar surface area (TPSA) is 51.4 Å². The van der Waals surface area contributed by atoms with E-state index in [1.807, 2.05) is 18.2 Å². The van der Waals surface area contributed by atoms with Crippen molar-refractivity contribution >= 4 is 22.3 Å². The molecule has 0 atom stereocenters. The van der Waals surface area contributed by atoms with E-state index in [-0.39, 0.29) is 0 Å². The van der Waals surface area contributed by atoms with Gasteiger partial charge in [0.15, 0.2) is 0 Å². The molecule has 1 aromatic heterocycles. The summed E-state index contributed by atoms with van der Waals surface area (Å²) in [4.78, 5) is 6.70. The number of nitrogens with zero attached hydrogens (tertiary/aromatic N) is 2. The number of ether oxygens (including phenoxy) is 1. The Morgan fingerprint density at radius 1 is 1.30 bits per heavy atom. The molecule has 20 heavy (non-hydrogen) atoms. The second kappa shape index (κ2) is 6.57. The first-order valence-electron chi connectivity index (χ1n) is 7.00. The Bertz CT molecular complexity index is 569. The number of hydrogen-bond acceptors (Lipinski definition) is 4. The quantitative estimate of drug-likeness (QED) is 0.879. The molecule has 2 rings (SSSR count). The van der Waals surface area contributed by atoms with Gasteiger partial charge in [-0.2, -0.15) is 0 Å². The van der Waals surface area contributed by atoms with E-state index >= 15 is 0 Å². The lowest BCUT2D eigenvalue weighted by Crippen LogP contribution is -2.31. The summed E-state index contributed by atoms with van der Waals surface area (Å²) < 4.78 is 5.23. The third kappa shape index (κ3) is 3.20. The van der Waals surface area contributed by atoms with Crippen molar-refractivity contribution in [3.05, 3.63) is 30.5 Å². The Morgan fingerprint density at radius 3 is 2.75 bits per heavy atom. The van der Waals surface area contributed by atoms with Crippen LogP contribution < -0.4 is 10.6 Å².